The predicted molar refractivity (Wildman–Crippen MR) is 85.7 cm³/mol. The van der Waals surface area contributed by atoms with E-state index < -0.39 is 18.0 Å². The minimum Gasteiger partial charge on any atom is -0.352 e. The smallest absolute Gasteiger partial charge is 0.352 e. The molecule has 24 heavy (non-hydrogen) atoms. The van der Waals surface area contributed by atoms with E-state index in [9.17, 15) is 18.0 Å². The second kappa shape index (κ2) is 7.21. The van der Waals surface area contributed by atoms with Gasteiger partial charge in [-0.2, -0.15) is 13.2 Å². The first-order valence-corrected chi connectivity index (χ1v) is 7.83. The van der Waals surface area contributed by atoms with Crippen LogP contribution in [0.2, 0.25) is 0 Å². The number of carbonyl (C=O) groups is 1. The number of fused-ring (bicyclic) bond motifs is 1. The standard InChI is InChI=1S/C16H21F3N4O/c1-10(2)23-13-6-5-11(14(24)21-8-4-3-7-20)9-12(13)22-15(23)16(17,18)19/h5-6,9-10H,3-4,7-8,20H2,1-2H3,(H,21,24). The number of benzene rings is 1. The molecule has 0 fully saturated rings. The number of aromatic nitrogens is 2. The monoisotopic (exact) mass is 342 g/mol. The van der Waals surface area contributed by atoms with Crippen LogP contribution in [-0.2, 0) is 6.18 Å². The van der Waals surface area contributed by atoms with Crippen molar-refractivity contribution < 1.29 is 18.0 Å². The van der Waals surface area contributed by atoms with Gasteiger partial charge < -0.3 is 15.6 Å². The number of nitrogens with one attached hydrogen (secondary N) is 1. The Kier molecular flexibility index (Phi) is 5.48. The maximum atomic E-state index is 13.2. The van der Waals surface area contributed by atoms with E-state index in [1.54, 1.807) is 13.8 Å². The fourth-order valence-corrected chi connectivity index (χ4v) is 2.54. The molecule has 2 rings (SSSR count). The highest BCUT2D eigenvalue weighted by atomic mass is 19.4. The molecule has 0 bridgehead atoms. The lowest BCUT2D eigenvalue weighted by Crippen LogP contribution is -2.24. The third-order valence-corrected chi connectivity index (χ3v) is 3.64. The molecule has 0 aliphatic carbocycles. The molecular formula is C16H21F3N4O. The van der Waals surface area contributed by atoms with Gasteiger partial charge >= 0.3 is 6.18 Å². The summed E-state index contributed by atoms with van der Waals surface area (Å²) in [5.74, 6) is -1.28. The average molecular weight is 342 g/mol. The zero-order valence-corrected chi connectivity index (χ0v) is 13.7. The molecule has 0 atom stereocenters. The Morgan fingerprint density at radius 3 is 2.62 bits per heavy atom. The lowest BCUT2D eigenvalue weighted by Gasteiger charge is -2.14. The lowest BCUT2D eigenvalue weighted by atomic mass is 10.1. The van der Waals surface area contributed by atoms with Crippen molar-refractivity contribution >= 4 is 16.9 Å². The van der Waals surface area contributed by atoms with E-state index in [4.69, 9.17) is 5.73 Å². The fourth-order valence-electron chi connectivity index (χ4n) is 2.54. The number of hydrogen-bond acceptors (Lipinski definition) is 3. The van der Waals surface area contributed by atoms with E-state index in [1.165, 1.54) is 18.2 Å². The summed E-state index contributed by atoms with van der Waals surface area (Å²) in [6, 6.07) is 4.01. The number of nitrogens with two attached hydrogens (primary N) is 1. The van der Waals surface area contributed by atoms with E-state index in [0.717, 1.165) is 17.4 Å². The summed E-state index contributed by atoms with van der Waals surface area (Å²) < 4.78 is 40.7. The Labute approximate surface area is 138 Å². The summed E-state index contributed by atoms with van der Waals surface area (Å²) >= 11 is 0. The Bertz CT molecular complexity index is 722. The number of imidazole rings is 1. The topological polar surface area (TPSA) is 72.9 Å². The van der Waals surface area contributed by atoms with Crippen LogP contribution in [0.25, 0.3) is 11.0 Å². The quantitative estimate of drug-likeness (QED) is 0.792. The van der Waals surface area contributed by atoms with Gasteiger partial charge in [-0.15, -0.1) is 0 Å². The Balaban J connectivity index is 2.33. The molecule has 0 unspecified atom stereocenters. The summed E-state index contributed by atoms with van der Waals surface area (Å²) in [7, 11) is 0. The molecule has 0 radical (unpaired) electrons. The lowest BCUT2D eigenvalue weighted by molar-refractivity contribution is -0.147. The van der Waals surface area contributed by atoms with Crippen LogP contribution in [0.4, 0.5) is 13.2 Å². The summed E-state index contributed by atoms with van der Waals surface area (Å²) in [5, 5.41) is 2.72. The maximum Gasteiger partial charge on any atom is 0.449 e. The first-order chi connectivity index (χ1) is 11.3. The van der Waals surface area contributed by atoms with Gasteiger partial charge in [-0.25, -0.2) is 4.98 Å². The number of rotatable bonds is 6. The normalized spacial score (nSPS) is 12.1. The predicted octanol–water partition coefficient (Wildman–Crippen LogP) is 3.10. The number of carbonyl (C=O) groups excluding carboxylic acids is 1. The molecule has 0 aliphatic heterocycles. The molecule has 0 spiro atoms. The fraction of sp³-hybridized carbons (Fsp3) is 0.500. The maximum absolute atomic E-state index is 13.2. The van der Waals surface area contributed by atoms with Gasteiger partial charge in [0.15, 0.2) is 0 Å². The van der Waals surface area contributed by atoms with Gasteiger partial charge in [-0.3, -0.25) is 4.79 Å². The van der Waals surface area contributed by atoms with E-state index >= 15 is 0 Å². The minimum absolute atomic E-state index is 0.158. The SMILES string of the molecule is CC(C)n1c(C(F)(F)F)nc2cc(C(=O)NCCCCN)ccc21. The first-order valence-electron chi connectivity index (χ1n) is 7.83. The van der Waals surface area contributed by atoms with Gasteiger partial charge in [0.05, 0.1) is 11.0 Å². The Morgan fingerprint density at radius 1 is 1.33 bits per heavy atom. The minimum atomic E-state index is -4.55. The van der Waals surface area contributed by atoms with Crippen molar-refractivity contribution in [2.75, 3.05) is 13.1 Å². The molecule has 8 heteroatoms. The molecule has 0 aliphatic rings. The zero-order valence-electron chi connectivity index (χ0n) is 13.7. The molecule has 5 nitrogen and oxygen atoms in total. The summed E-state index contributed by atoms with van der Waals surface area (Å²) in [6.07, 6.45) is -2.99. The van der Waals surface area contributed by atoms with Crippen LogP contribution >= 0.6 is 0 Å². The highest BCUT2D eigenvalue weighted by molar-refractivity contribution is 5.97. The summed E-state index contributed by atoms with van der Waals surface area (Å²) in [6.45, 7) is 4.35. The second-order valence-corrected chi connectivity index (χ2v) is 5.85. The number of hydrogen-bond donors (Lipinski definition) is 2. The van der Waals surface area contributed by atoms with Crippen LogP contribution in [0.1, 0.15) is 48.9 Å². The van der Waals surface area contributed by atoms with Crippen molar-refractivity contribution in [2.45, 2.75) is 38.9 Å². The molecule has 3 N–H and O–H groups in total. The van der Waals surface area contributed by atoms with Gasteiger partial charge in [0.2, 0.25) is 5.82 Å². The molecule has 1 aromatic carbocycles. The van der Waals surface area contributed by atoms with Gasteiger partial charge in [0.1, 0.15) is 0 Å². The van der Waals surface area contributed by atoms with Crippen molar-refractivity contribution in [1.82, 2.24) is 14.9 Å². The van der Waals surface area contributed by atoms with E-state index in [-0.39, 0.29) is 17.0 Å². The average Bonchev–Trinajstić information content (AvgIpc) is 2.90. The molecule has 0 saturated heterocycles. The van der Waals surface area contributed by atoms with Crippen molar-refractivity contribution in [1.29, 1.82) is 0 Å². The number of unbranched alkanes of at least 4 members (excludes halogenated alkanes) is 1. The van der Waals surface area contributed by atoms with Crippen LogP contribution in [0, 0.1) is 0 Å². The van der Waals surface area contributed by atoms with Crippen molar-refractivity contribution in [3.63, 3.8) is 0 Å². The number of halogens is 3. The summed E-state index contributed by atoms with van der Waals surface area (Å²) in [5.41, 5.74) is 6.19. The number of amides is 1. The van der Waals surface area contributed by atoms with Gasteiger partial charge in [-0.1, -0.05) is 0 Å². The molecule has 1 amide bonds. The van der Waals surface area contributed by atoms with Crippen LogP contribution < -0.4 is 11.1 Å². The summed E-state index contributed by atoms with van der Waals surface area (Å²) in [4.78, 5) is 15.8. The largest absolute Gasteiger partial charge is 0.449 e. The Morgan fingerprint density at radius 2 is 2.04 bits per heavy atom. The van der Waals surface area contributed by atoms with E-state index in [2.05, 4.69) is 10.3 Å². The molecule has 0 saturated carbocycles. The number of alkyl halides is 3. The van der Waals surface area contributed by atoms with Crippen molar-refractivity contribution in [3.8, 4) is 0 Å². The first kappa shape index (κ1) is 18.3. The van der Waals surface area contributed by atoms with E-state index in [0.29, 0.717) is 18.6 Å². The van der Waals surface area contributed by atoms with Gasteiger partial charge in [-0.05, 0) is 51.4 Å². The third kappa shape index (κ3) is 3.87. The third-order valence-electron chi connectivity index (χ3n) is 3.64. The van der Waals surface area contributed by atoms with Crippen molar-refractivity contribution in [3.05, 3.63) is 29.6 Å². The second-order valence-electron chi connectivity index (χ2n) is 5.85. The van der Waals surface area contributed by atoms with Gasteiger partial charge in [0.25, 0.3) is 5.91 Å². The molecule has 132 valence electrons. The zero-order chi connectivity index (χ0) is 17.9. The van der Waals surface area contributed by atoms with E-state index in [1.807, 2.05) is 0 Å². The highest BCUT2D eigenvalue weighted by Crippen LogP contribution is 2.33. The highest BCUT2D eigenvalue weighted by Gasteiger charge is 2.38. The molecule has 2 aromatic rings. The molecular weight excluding hydrogens is 321 g/mol. The molecule has 1 aromatic heterocycles. The number of nitrogens with zero attached hydrogens (tertiary/aromatic N) is 2. The van der Waals surface area contributed by atoms with Crippen LogP contribution in [-0.4, -0.2) is 28.5 Å². The van der Waals surface area contributed by atoms with Crippen LogP contribution in [0.15, 0.2) is 18.2 Å². The Hall–Kier alpha value is -2.09. The van der Waals surface area contributed by atoms with Crippen molar-refractivity contribution in [2.24, 2.45) is 5.73 Å². The molecule has 1 heterocycles. The van der Waals surface area contributed by atoms with Crippen LogP contribution in [0.5, 0.6) is 0 Å². The van der Waals surface area contributed by atoms with Crippen LogP contribution in [0.3, 0.4) is 0 Å². The van der Waals surface area contributed by atoms with Gasteiger partial charge in [0, 0.05) is 18.2 Å².